The van der Waals surface area contributed by atoms with Crippen molar-refractivity contribution >= 4 is 5.91 Å². The monoisotopic (exact) mass is 316 g/mol. The van der Waals surface area contributed by atoms with Crippen molar-refractivity contribution in [1.82, 2.24) is 19.9 Å². The second kappa shape index (κ2) is 7.37. The molecule has 0 saturated heterocycles. The van der Waals surface area contributed by atoms with E-state index >= 15 is 0 Å². The minimum atomic E-state index is -0.331. The molecule has 6 nitrogen and oxygen atoms in total. The molecule has 1 amide bonds. The summed E-state index contributed by atoms with van der Waals surface area (Å²) < 4.78 is 4.99. The standard InChI is InChI=1S/C17H24N4O2/c1-6-21(11-15-18-13(3)23-19-15)17(22)16(20(4)5)14-9-7-8-12(2)10-14/h7-10,16H,6,11H2,1-5H3/t16-/m0/s1. The highest BCUT2D eigenvalue weighted by Crippen LogP contribution is 2.22. The lowest BCUT2D eigenvalue weighted by Gasteiger charge is -2.29. The van der Waals surface area contributed by atoms with E-state index in [-0.39, 0.29) is 11.9 Å². The Bertz CT molecular complexity index is 666. The molecule has 1 atom stereocenters. The molecule has 0 aliphatic carbocycles. The number of hydrogen-bond donors (Lipinski definition) is 0. The van der Waals surface area contributed by atoms with Gasteiger partial charge in [0.15, 0.2) is 5.82 Å². The zero-order chi connectivity index (χ0) is 17.0. The number of aromatic nitrogens is 2. The molecule has 23 heavy (non-hydrogen) atoms. The molecule has 0 bridgehead atoms. The van der Waals surface area contributed by atoms with Crippen molar-refractivity contribution in [3.63, 3.8) is 0 Å². The minimum absolute atomic E-state index is 0.0329. The number of benzene rings is 1. The van der Waals surface area contributed by atoms with Crippen LogP contribution in [0.25, 0.3) is 0 Å². The lowest BCUT2D eigenvalue weighted by Crippen LogP contribution is -2.40. The van der Waals surface area contributed by atoms with Gasteiger partial charge in [0.1, 0.15) is 6.04 Å². The van der Waals surface area contributed by atoms with Crippen LogP contribution in [0.4, 0.5) is 0 Å². The van der Waals surface area contributed by atoms with Gasteiger partial charge >= 0.3 is 0 Å². The number of amides is 1. The predicted octanol–water partition coefficient (Wildman–Crippen LogP) is 2.34. The molecule has 2 rings (SSSR count). The molecule has 0 unspecified atom stereocenters. The maximum absolute atomic E-state index is 13.0. The van der Waals surface area contributed by atoms with E-state index in [1.165, 1.54) is 0 Å². The quantitative estimate of drug-likeness (QED) is 0.818. The first-order valence-electron chi connectivity index (χ1n) is 7.73. The molecule has 124 valence electrons. The molecule has 2 aromatic rings. The van der Waals surface area contributed by atoms with Crippen LogP contribution < -0.4 is 0 Å². The zero-order valence-electron chi connectivity index (χ0n) is 14.4. The van der Waals surface area contributed by atoms with Crippen molar-refractivity contribution in [3.05, 3.63) is 47.1 Å². The van der Waals surface area contributed by atoms with Gasteiger partial charge in [-0.2, -0.15) is 4.98 Å². The molecule has 6 heteroatoms. The highest BCUT2D eigenvalue weighted by Gasteiger charge is 2.28. The zero-order valence-corrected chi connectivity index (χ0v) is 14.4. The minimum Gasteiger partial charge on any atom is -0.340 e. The summed E-state index contributed by atoms with van der Waals surface area (Å²) in [6.07, 6.45) is 0. The molecule has 1 heterocycles. The Morgan fingerprint density at radius 3 is 2.57 bits per heavy atom. The van der Waals surface area contributed by atoms with Gasteiger partial charge < -0.3 is 9.42 Å². The molecule has 0 aliphatic heterocycles. The Kier molecular flexibility index (Phi) is 5.50. The summed E-state index contributed by atoms with van der Waals surface area (Å²) in [7, 11) is 3.83. The van der Waals surface area contributed by atoms with Gasteiger partial charge in [0.25, 0.3) is 0 Å². The van der Waals surface area contributed by atoms with Crippen LogP contribution in [0.5, 0.6) is 0 Å². The molecule has 0 saturated carbocycles. The maximum atomic E-state index is 13.0. The first-order chi connectivity index (χ1) is 10.9. The Morgan fingerprint density at radius 2 is 2.04 bits per heavy atom. The number of carbonyl (C=O) groups excluding carboxylic acids is 1. The lowest BCUT2D eigenvalue weighted by molar-refractivity contribution is -0.136. The molecule has 0 radical (unpaired) electrons. The Balaban J connectivity index is 2.24. The molecule has 1 aromatic heterocycles. The number of hydrogen-bond acceptors (Lipinski definition) is 5. The van der Waals surface area contributed by atoms with Crippen LogP contribution in [-0.2, 0) is 11.3 Å². The fourth-order valence-electron chi connectivity index (χ4n) is 2.60. The third-order valence-corrected chi connectivity index (χ3v) is 3.70. The smallest absolute Gasteiger partial charge is 0.244 e. The van der Waals surface area contributed by atoms with E-state index in [9.17, 15) is 4.79 Å². The average molecular weight is 316 g/mol. The SMILES string of the molecule is CCN(Cc1noc(C)n1)C(=O)[C@H](c1cccc(C)c1)N(C)C. The van der Waals surface area contributed by atoms with E-state index in [0.29, 0.717) is 24.8 Å². The van der Waals surface area contributed by atoms with Crippen LogP contribution in [0.2, 0.25) is 0 Å². The van der Waals surface area contributed by atoms with Crippen LogP contribution in [0, 0.1) is 13.8 Å². The van der Waals surface area contributed by atoms with Crippen LogP contribution in [0.3, 0.4) is 0 Å². The van der Waals surface area contributed by atoms with Gasteiger partial charge in [0.05, 0.1) is 6.54 Å². The summed E-state index contributed by atoms with van der Waals surface area (Å²) in [4.78, 5) is 20.9. The number of nitrogens with zero attached hydrogens (tertiary/aromatic N) is 4. The van der Waals surface area contributed by atoms with Gasteiger partial charge in [0, 0.05) is 13.5 Å². The number of aryl methyl sites for hydroxylation is 2. The molecular formula is C17H24N4O2. The molecule has 0 spiro atoms. The number of rotatable bonds is 6. The van der Waals surface area contributed by atoms with Crippen LogP contribution >= 0.6 is 0 Å². The van der Waals surface area contributed by atoms with E-state index in [1.807, 2.05) is 51.0 Å². The van der Waals surface area contributed by atoms with E-state index < -0.39 is 0 Å². The van der Waals surface area contributed by atoms with Crippen molar-refractivity contribution in [3.8, 4) is 0 Å². The van der Waals surface area contributed by atoms with Crippen molar-refractivity contribution in [1.29, 1.82) is 0 Å². The van der Waals surface area contributed by atoms with Crippen molar-refractivity contribution < 1.29 is 9.32 Å². The van der Waals surface area contributed by atoms with E-state index in [4.69, 9.17) is 4.52 Å². The maximum Gasteiger partial charge on any atom is 0.244 e. The van der Waals surface area contributed by atoms with E-state index in [1.54, 1.807) is 11.8 Å². The highest BCUT2D eigenvalue weighted by molar-refractivity contribution is 5.83. The first-order valence-corrected chi connectivity index (χ1v) is 7.73. The normalized spacial score (nSPS) is 12.4. The van der Waals surface area contributed by atoms with Crippen LogP contribution in [0.1, 0.15) is 35.8 Å². The number of likely N-dealkylation sites (N-methyl/N-ethyl adjacent to an activating group) is 2. The Labute approximate surface area is 137 Å². The van der Waals surface area contributed by atoms with E-state index in [0.717, 1.165) is 11.1 Å². The van der Waals surface area contributed by atoms with Gasteiger partial charge in [-0.05, 0) is 33.5 Å². The molecule has 1 aromatic carbocycles. The third-order valence-electron chi connectivity index (χ3n) is 3.70. The highest BCUT2D eigenvalue weighted by atomic mass is 16.5. The van der Waals surface area contributed by atoms with Crippen molar-refractivity contribution in [2.45, 2.75) is 33.4 Å². The van der Waals surface area contributed by atoms with Gasteiger partial charge in [-0.15, -0.1) is 0 Å². The van der Waals surface area contributed by atoms with Crippen molar-refractivity contribution in [2.75, 3.05) is 20.6 Å². The molecule has 0 N–H and O–H groups in total. The third kappa shape index (κ3) is 4.16. The Hall–Kier alpha value is -2.21. The van der Waals surface area contributed by atoms with Crippen LogP contribution in [0.15, 0.2) is 28.8 Å². The molecule has 0 fully saturated rings. The topological polar surface area (TPSA) is 62.5 Å². The summed E-state index contributed by atoms with van der Waals surface area (Å²) in [6.45, 7) is 6.66. The van der Waals surface area contributed by atoms with E-state index in [2.05, 4.69) is 16.2 Å². The lowest BCUT2D eigenvalue weighted by atomic mass is 10.0. The summed E-state index contributed by atoms with van der Waals surface area (Å²) >= 11 is 0. The second-order valence-corrected chi connectivity index (χ2v) is 5.86. The fourth-order valence-corrected chi connectivity index (χ4v) is 2.60. The fraction of sp³-hybridized carbons (Fsp3) is 0.471. The van der Waals surface area contributed by atoms with Gasteiger partial charge in [0.2, 0.25) is 11.8 Å². The van der Waals surface area contributed by atoms with Crippen molar-refractivity contribution in [2.24, 2.45) is 0 Å². The largest absolute Gasteiger partial charge is 0.340 e. The second-order valence-electron chi connectivity index (χ2n) is 5.86. The van der Waals surface area contributed by atoms with Crippen LogP contribution in [-0.4, -0.2) is 46.5 Å². The van der Waals surface area contributed by atoms with Gasteiger partial charge in [-0.25, -0.2) is 0 Å². The Morgan fingerprint density at radius 1 is 1.30 bits per heavy atom. The van der Waals surface area contributed by atoms with Gasteiger partial charge in [-0.1, -0.05) is 35.0 Å². The first kappa shape index (κ1) is 17.1. The summed E-state index contributed by atoms with van der Waals surface area (Å²) in [5.74, 6) is 1.07. The molecule has 0 aliphatic rings. The van der Waals surface area contributed by atoms with Gasteiger partial charge in [-0.3, -0.25) is 9.69 Å². The summed E-state index contributed by atoms with van der Waals surface area (Å²) in [5, 5.41) is 3.88. The average Bonchev–Trinajstić information content (AvgIpc) is 2.90. The summed E-state index contributed by atoms with van der Waals surface area (Å²) in [5.41, 5.74) is 2.13. The predicted molar refractivity (Wildman–Crippen MR) is 87.7 cm³/mol. The summed E-state index contributed by atoms with van der Waals surface area (Å²) in [6, 6.07) is 7.72. The molecular weight excluding hydrogens is 292 g/mol. The number of carbonyl (C=O) groups is 1.